The number of hydrogen-bond acceptors (Lipinski definition) is 0. The van der Waals surface area contributed by atoms with Crippen molar-refractivity contribution in [2.75, 3.05) is 0 Å². The molecule has 0 nitrogen and oxygen atoms in total. The minimum absolute atomic E-state index is 0.752. The predicted molar refractivity (Wildman–Crippen MR) is 50.1 cm³/mol. The topological polar surface area (TPSA) is 0 Å². The monoisotopic (exact) mass is 204 g/mol. The van der Waals surface area contributed by atoms with E-state index in [1.807, 2.05) is 0 Å². The summed E-state index contributed by atoms with van der Waals surface area (Å²) in [7, 11) is 0. The van der Waals surface area contributed by atoms with Crippen molar-refractivity contribution in [1.29, 1.82) is 0 Å². The molecule has 0 heterocycles. The van der Waals surface area contributed by atoms with Gasteiger partial charge in [-0.3, -0.25) is 0 Å². The van der Waals surface area contributed by atoms with Crippen LogP contribution < -0.4 is 0 Å². The maximum absolute atomic E-state index is 13.3. The summed E-state index contributed by atoms with van der Waals surface area (Å²) in [6.45, 7) is 0. The summed E-state index contributed by atoms with van der Waals surface area (Å²) in [4.78, 5) is 0. The lowest BCUT2D eigenvalue weighted by Crippen LogP contribution is -2.03. The Morgan fingerprint density at radius 1 is 0.600 bits per heavy atom. The van der Waals surface area contributed by atoms with Gasteiger partial charge in [0.05, 0.1) is 16.7 Å². The minimum Gasteiger partial charge on any atom is -0.204 e. The van der Waals surface area contributed by atoms with Crippen LogP contribution in [0.15, 0.2) is 0 Å². The molecule has 0 saturated heterocycles. The second-order valence-corrected chi connectivity index (χ2v) is 2.50. The zero-order valence-electron chi connectivity index (χ0n) is 7.37. The van der Waals surface area contributed by atoms with Crippen molar-refractivity contribution in [2.45, 2.75) is 0 Å². The maximum Gasteiger partial charge on any atom is 0.160 e. The van der Waals surface area contributed by atoms with Crippen LogP contribution in [0.5, 0.6) is 0 Å². The molecule has 0 unspecified atom stereocenters. The van der Waals surface area contributed by atoms with Crippen LogP contribution in [0.2, 0.25) is 0 Å². The van der Waals surface area contributed by atoms with E-state index in [1.165, 1.54) is 0 Å². The van der Waals surface area contributed by atoms with Crippen LogP contribution >= 0.6 is 0 Å². The molecule has 0 N–H and O–H groups in total. The van der Waals surface area contributed by atoms with Gasteiger partial charge >= 0.3 is 0 Å². The van der Waals surface area contributed by atoms with Crippen LogP contribution in [0, 0.1) is 54.5 Å². The van der Waals surface area contributed by atoms with Crippen molar-refractivity contribution >= 4 is 0 Å². The van der Waals surface area contributed by atoms with Crippen molar-refractivity contribution < 1.29 is 13.2 Å². The molecule has 0 aromatic heterocycles. The van der Waals surface area contributed by atoms with E-state index < -0.39 is 34.1 Å². The van der Waals surface area contributed by atoms with Gasteiger partial charge in [-0.15, -0.1) is 19.3 Å². The average Bonchev–Trinajstić information content (AvgIpc) is 2.19. The molecular weight excluding hydrogens is 201 g/mol. The summed E-state index contributed by atoms with van der Waals surface area (Å²) in [6, 6.07) is 0. The van der Waals surface area contributed by atoms with Crippen LogP contribution in [0.4, 0.5) is 13.2 Å². The maximum atomic E-state index is 13.3. The number of benzene rings is 1. The molecule has 1 aromatic carbocycles. The van der Waals surface area contributed by atoms with E-state index in [-0.39, 0.29) is 0 Å². The third-order valence-corrected chi connectivity index (χ3v) is 1.75. The lowest BCUT2D eigenvalue weighted by atomic mass is 10.0. The van der Waals surface area contributed by atoms with E-state index >= 15 is 0 Å². The van der Waals surface area contributed by atoms with Gasteiger partial charge in [0.2, 0.25) is 0 Å². The van der Waals surface area contributed by atoms with Crippen molar-refractivity contribution in [1.82, 2.24) is 0 Å². The van der Waals surface area contributed by atoms with Crippen LogP contribution in [0.25, 0.3) is 0 Å². The van der Waals surface area contributed by atoms with Crippen molar-refractivity contribution in [3.8, 4) is 37.0 Å². The highest BCUT2D eigenvalue weighted by Gasteiger charge is 2.21. The third-order valence-electron chi connectivity index (χ3n) is 1.75. The molecule has 0 bridgehead atoms. The average molecular weight is 204 g/mol. The number of hydrogen-bond donors (Lipinski definition) is 0. The van der Waals surface area contributed by atoms with Crippen molar-refractivity contribution in [2.24, 2.45) is 0 Å². The molecule has 0 amide bonds. The quantitative estimate of drug-likeness (QED) is 0.567. The summed E-state index contributed by atoms with van der Waals surface area (Å²) in [6.07, 6.45) is 14.6. The molecule has 0 atom stereocenters. The zero-order chi connectivity index (χ0) is 11.6. The van der Waals surface area contributed by atoms with Crippen LogP contribution in [0.3, 0.4) is 0 Å². The van der Waals surface area contributed by atoms with Gasteiger partial charge in [-0.2, -0.15) is 0 Å². The lowest BCUT2D eigenvalue weighted by Gasteiger charge is -2.05. The fraction of sp³-hybridized carbons (Fsp3) is 0. The molecule has 0 fully saturated rings. The fourth-order valence-corrected chi connectivity index (χ4v) is 1.04. The van der Waals surface area contributed by atoms with Gasteiger partial charge in [0.25, 0.3) is 0 Å². The van der Waals surface area contributed by atoms with E-state index in [9.17, 15) is 13.2 Å². The second kappa shape index (κ2) is 3.82. The predicted octanol–water partition coefficient (Wildman–Crippen LogP) is 2.05. The lowest BCUT2D eigenvalue weighted by molar-refractivity contribution is 0.531. The van der Waals surface area contributed by atoms with Crippen LogP contribution in [0.1, 0.15) is 16.7 Å². The largest absolute Gasteiger partial charge is 0.204 e. The van der Waals surface area contributed by atoms with E-state index in [0.717, 1.165) is 0 Å². The molecule has 0 spiro atoms. The first-order valence-electron chi connectivity index (χ1n) is 3.68. The third kappa shape index (κ3) is 1.43. The highest BCUT2D eigenvalue weighted by molar-refractivity contribution is 5.53. The zero-order valence-corrected chi connectivity index (χ0v) is 7.37. The molecule has 0 aliphatic carbocycles. The summed E-state index contributed by atoms with van der Waals surface area (Å²) in [5.74, 6) is 1.35. The Morgan fingerprint density at radius 3 is 0.933 bits per heavy atom. The van der Waals surface area contributed by atoms with Gasteiger partial charge in [-0.1, -0.05) is 17.8 Å². The molecule has 1 rings (SSSR count). The van der Waals surface area contributed by atoms with E-state index in [1.54, 1.807) is 17.8 Å². The van der Waals surface area contributed by atoms with Gasteiger partial charge in [-0.25, -0.2) is 13.2 Å². The molecule has 0 saturated carbocycles. The van der Waals surface area contributed by atoms with E-state index in [2.05, 4.69) is 0 Å². The summed E-state index contributed by atoms with van der Waals surface area (Å²) in [5.41, 5.74) is -2.26. The smallest absolute Gasteiger partial charge is 0.160 e. The molecule has 1 aromatic rings. The number of terminal acetylenes is 3. The fourth-order valence-electron chi connectivity index (χ4n) is 1.04. The molecule has 72 valence electrons. The highest BCUT2D eigenvalue weighted by atomic mass is 19.1. The molecular formula is C12H3F3. The second-order valence-electron chi connectivity index (χ2n) is 2.50. The van der Waals surface area contributed by atoms with Crippen molar-refractivity contribution in [3.05, 3.63) is 34.1 Å². The Bertz CT molecular complexity index is 446. The first-order valence-corrected chi connectivity index (χ1v) is 3.68. The normalized spacial score (nSPS) is 8.80. The standard InChI is InChI=1S/C12H3F3/c1-4-7-10(13)8(5-2)12(15)9(6-3)11(7)14/h1-3H. The molecule has 3 heteroatoms. The Hall–Kier alpha value is -2.31. The van der Waals surface area contributed by atoms with Crippen LogP contribution in [-0.2, 0) is 0 Å². The molecule has 0 aliphatic heterocycles. The van der Waals surface area contributed by atoms with Gasteiger partial charge in [0, 0.05) is 0 Å². The minimum atomic E-state index is -1.28. The van der Waals surface area contributed by atoms with E-state index in [0.29, 0.717) is 0 Å². The van der Waals surface area contributed by atoms with Gasteiger partial charge in [0.1, 0.15) is 0 Å². The Kier molecular flexibility index (Phi) is 2.75. The first-order chi connectivity index (χ1) is 7.08. The van der Waals surface area contributed by atoms with Crippen LogP contribution in [-0.4, -0.2) is 0 Å². The molecule has 0 aliphatic rings. The summed E-state index contributed by atoms with van der Waals surface area (Å²) in [5, 5.41) is 0. The summed E-state index contributed by atoms with van der Waals surface area (Å²) < 4.78 is 39.8. The molecule has 0 radical (unpaired) electrons. The van der Waals surface area contributed by atoms with Crippen molar-refractivity contribution in [3.63, 3.8) is 0 Å². The first kappa shape index (κ1) is 10.8. The molecule has 15 heavy (non-hydrogen) atoms. The number of halogens is 3. The van der Waals surface area contributed by atoms with Gasteiger partial charge < -0.3 is 0 Å². The highest BCUT2D eigenvalue weighted by Crippen LogP contribution is 2.23. The Labute approximate surface area is 85.1 Å². The van der Waals surface area contributed by atoms with Gasteiger partial charge in [0.15, 0.2) is 17.5 Å². The Morgan fingerprint density at radius 2 is 0.800 bits per heavy atom. The Balaban J connectivity index is 3.88. The van der Waals surface area contributed by atoms with Gasteiger partial charge in [-0.05, 0) is 0 Å². The SMILES string of the molecule is C#Cc1c(F)c(C#C)c(F)c(C#C)c1F. The summed E-state index contributed by atoms with van der Waals surface area (Å²) >= 11 is 0. The van der Waals surface area contributed by atoms with E-state index in [4.69, 9.17) is 19.3 Å². The number of rotatable bonds is 0.